The molecule has 0 saturated heterocycles. The molecule has 0 aliphatic rings. The van der Waals surface area contributed by atoms with Crippen molar-refractivity contribution in [3.63, 3.8) is 0 Å². The predicted molar refractivity (Wildman–Crippen MR) is 185 cm³/mol. The van der Waals surface area contributed by atoms with Gasteiger partial charge in [0, 0.05) is 46.6 Å². The molecule has 10 aromatic rings. The molecule has 200 valence electrons. The number of hydrogen-bond donors (Lipinski definition) is 0. The highest BCUT2D eigenvalue weighted by atomic mass is 32.1. The van der Waals surface area contributed by atoms with Gasteiger partial charge in [-0.25, -0.2) is 9.97 Å². The van der Waals surface area contributed by atoms with Gasteiger partial charge in [-0.1, -0.05) is 90.9 Å². The second-order valence-electron chi connectivity index (χ2n) is 10.6. The van der Waals surface area contributed by atoms with Crippen molar-refractivity contribution in [2.75, 3.05) is 0 Å². The average Bonchev–Trinajstić information content (AvgIpc) is 3.78. The zero-order chi connectivity index (χ0) is 32.4. The maximum absolute atomic E-state index is 8.87. The third-order valence-corrected chi connectivity index (χ3v) is 10.6. The minimum absolute atomic E-state index is 0.0684. The molecule has 6 aromatic carbocycles. The summed E-state index contributed by atoms with van der Waals surface area (Å²) < 4.78 is 49.0. The van der Waals surface area contributed by atoms with Gasteiger partial charge in [-0.05, 0) is 47.2 Å². The van der Waals surface area contributed by atoms with Crippen molar-refractivity contribution >= 4 is 95.7 Å². The van der Waals surface area contributed by atoms with Crippen LogP contribution in [0.2, 0.25) is 0 Å². The fourth-order valence-electron chi connectivity index (χ4n) is 6.44. The normalized spacial score (nSPS) is 13.8. The van der Waals surface area contributed by atoms with Crippen molar-refractivity contribution in [1.82, 2.24) is 14.5 Å². The third-order valence-electron chi connectivity index (χ3n) is 8.29. The Bertz CT molecular complexity index is 3000. The summed E-state index contributed by atoms with van der Waals surface area (Å²) >= 11 is 3.25. The van der Waals surface area contributed by atoms with E-state index in [9.17, 15) is 0 Å². The number of nitrogens with zero attached hydrogens (tertiary/aromatic N) is 3. The summed E-state index contributed by atoms with van der Waals surface area (Å²) in [6.45, 7) is 0. The van der Waals surface area contributed by atoms with Gasteiger partial charge in [-0.3, -0.25) is 4.57 Å². The topological polar surface area (TPSA) is 30.7 Å². The van der Waals surface area contributed by atoms with Crippen molar-refractivity contribution in [3.05, 3.63) is 127 Å². The van der Waals surface area contributed by atoms with Gasteiger partial charge in [-0.15, -0.1) is 22.7 Å². The molecule has 0 spiro atoms. The SMILES string of the molecule is [2H]c1c([2H])c([2H])c(-c2nc(-n3c4ccccc4c4cc5ccc6sc7ccccc7c6c5cc43)nc3c2sc2ccccc23)c([2H])c1[2H]. The molecule has 0 radical (unpaired) electrons. The van der Waals surface area contributed by atoms with Crippen molar-refractivity contribution in [3.8, 4) is 17.2 Å². The Morgan fingerprint density at radius 3 is 2.19 bits per heavy atom. The van der Waals surface area contributed by atoms with Crippen molar-refractivity contribution in [2.24, 2.45) is 0 Å². The van der Waals surface area contributed by atoms with E-state index in [0.717, 1.165) is 42.7 Å². The van der Waals surface area contributed by atoms with Crippen LogP contribution in [-0.4, -0.2) is 14.5 Å². The molecule has 0 aliphatic carbocycles. The fraction of sp³-hybridized carbons (Fsp3) is 0. The zero-order valence-corrected chi connectivity index (χ0v) is 24.0. The highest BCUT2D eigenvalue weighted by Gasteiger charge is 2.21. The van der Waals surface area contributed by atoms with E-state index in [1.165, 1.54) is 31.5 Å². The van der Waals surface area contributed by atoms with Crippen LogP contribution in [0.25, 0.3) is 90.3 Å². The van der Waals surface area contributed by atoms with E-state index in [0.29, 0.717) is 21.9 Å². The molecule has 0 bridgehead atoms. The highest BCUT2D eigenvalue weighted by molar-refractivity contribution is 7.26. The maximum Gasteiger partial charge on any atom is 0.235 e. The van der Waals surface area contributed by atoms with E-state index in [1.54, 1.807) is 11.3 Å². The molecule has 0 atom stereocenters. The molecule has 0 N–H and O–H groups in total. The molecule has 0 amide bonds. The van der Waals surface area contributed by atoms with E-state index >= 15 is 0 Å². The van der Waals surface area contributed by atoms with E-state index in [4.69, 9.17) is 16.8 Å². The third kappa shape index (κ3) is 3.29. The van der Waals surface area contributed by atoms with Gasteiger partial charge in [0.15, 0.2) is 0 Å². The standard InChI is InChI=1S/C38H21N3S2/c1-2-10-22(11-3-1)35-37-36(26-14-6-9-17-32(26)43-37)40-38(39-35)41-29-15-7-4-12-24(29)28-20-23-18-19-33-34(27(23)21-30(28)41)25-13-5-8-16-31(25)42-33/h1-21H/i1D,2D,3D,10D,11D. The molecule has 3 nitrogen and oxygen atoms in total. The minimum atomic E-state index is -0.433. The first kappa shape index (κ1) is 19.2. The molecule has 4 aromatic heterocycles. The Morgan fingerprint density at radius 1 is 0.581 bits per heavy atom. The lowest BCUT2D eigenvalue weighted by molar-refractivity contribution is 1.02. The lowest BCUT2D eigenvalue weighted by Crippen LogP contribution is -2.02. The average molecular weight is 589 g/mol. The van der Waals surface area contributed by atoms with Crippen LogP contribution in [0.1, 0.15) is 6.85 Å². The molecular formula is C38H21N3S2. The maximum atomic E-state index is 8.87. The van der Waals surface area contributed by atoms with Gasteiger partial charge in [0.1, 0.15) is 0 Å². The molecule has 0 fully saturated rings. The van der Waals surface area contributed by atoms with Gasteiger partial charge in [-0.2, -0.15) is 0 Å². The van der Waals surface area contributed by atoms with Crippen LogP contribution >= 0.6 is 22.7 Å². The van der Waals surface area contributed by atoms with Crippen LogP contribution < -0.4 is 0 Å². The van der Waals surface area contributed by atoms with Crippen LogP contribution in [0.3, 0.4) is 0 Å². The van der Waals surface area contributed by atoms with Gasteiger partial charge in [0.25, 0.3) is 0 Å². The Morgan fingerprint density at radius 2 is 1.33 bits per heavy atom. The van der Waals surface area contributed by atoms with E-state index in [1.807, 2.05) is 36.4 Å². The largest absolute Gasteiger partial charge is 0.278 e. The number of fused-ring (bicyclic) bond motifs is 11. The van der Waals surface area contributed by atoms with Crippen LogP contribution in [0.15, 0.2) is 127 Å². The Kier molecular flexibility index (Phi) is 3.88. The summed E-state index contributed by atoms with van der Waals surface area (Å²) in [5, 5.41) is 7.74. The molecule has 0 saturated carbocycles. The quantitative estimate of drug-likeness (QED) is 0.201. The van der Waals surface area contributed by atoms with Gasteiger partial charge < -0.3 is 0 Å². The lowest BCUT2D eigenvalue weighted by atomic mass is 10.0. The molecule has 43 heavy (non-hydrogen) atoms. The van der Waals surface area contributed by atoms with Crippen LogP contribution in [0.4, 0.5) is 0 Å². The minimum Gasteiger partial charge on any atom is -0.278 e. The first-order valence-electron chi connectivity index (χ1n) is 16.4. The van der Waals surface area contributed by atoms with Crippen molar-refractivity contribution in [2.45, 2.75) is 0 Å². The van der Waals surface area contributed by atoms with Crippen molar-refractivity contribution < 1.29 is 6.85 Å². The van der Waals surface area contributed by atoms with E-state index < -0.39 is 18.1 Å². The van der Waals surface area contributed by atoms with E-state index in [-0.39, 0.29) is 17.6 Å². The molecule has 10 rings (SSSR count). The summed E-state index contributed by atoms with van der Waals surface area (Å²) in [5.41, 5.74) is 2.92. The summed E-state index contributed by atoms with van der Waals surface area (Å²) in [4.78, 5) is 10.3. The molecule has 0 aliphatic heterocycles. The number of benzene rings is 6. The summed E-state index contributed by atoms with van der Waals surface area (Å²) in [6.07, 6.45) is 0. The van der Waals surface area contributed by atoms with Crippen LogP contribution in [0.5, 0.6) is 0 Å². The first-order valence-corrected chi connectivity index (χ1v) is 15.6. The second kappa shape index (κ2) is 8.71. The van der Waals surface area contributed by atoms with Gasteiger partial charge in [0.05, 0.1) is 33.8 Å². The smallest absolute Gasteiger partial charge is 0.235 e. The zero-order valence-electron chi connectivity index (χ0n) is 27.4. The monoisotopic (exact) mass is 588 g/mol. The number of aromatic nitrogens is 3. The lowest BCUT2D eigenvalue weighted by Gasteiger charge is -2.10. The fourth-order valence-corrected chi connectivity index (χ4v) is 8.70. The Hall–Kier alpha value is -5.10. The Labute approximate surface area is 260 Å². The first-order chi connectivity index (χ1) is 23.4. The van der Waals surface area contributed by atoms with E-state index in [2.05, 4.69) is 65.2 Å². The van der Waals surface area contributed by atoms with Crippen LogP contribution in [0, 0.1) is 0 Å². The second-order valence-corrected chi connectivity index (χ2v) is 12.8. The number of thiophene rings is 2. The summed E-state index contributed by atoms with van der Waals surface area (Å²) in [5.74, 6) is 0.376. The molecular weight excluding hydrogens is 563 g/mol. The molecule has 0 unspecified atom stereocenters. The van der Waals surface area contributed by atoms with Gasteiger partial charge >= 0.3 is 0 Å². The highest BCUT2D eigenvalue weighted by Crippen LogP contribution is 2.43. The van der Waals surface area contributed by atoms with Gasteiger partial charge in [0.2, 0.25) is 5.95 Å². The molecule has 4 heterocycles. The number of para-hydroxylation sites is 1. The molecule has 5 heteroatoms. The van der Waals surface area contributed by atoms with Crippen molar-refractivity contribution in [1.29, 1.82) is 0 Å². The van der Waals surface area contributed by atoms with Crippen LogP contribution in [-0.2, 0) is 0 Å². The summed E-state index contributed by atoms with van der Waals surface area (Å²) in [6, 6.07) is 31.7. The number of rotatable bonds is 2. The summed E-state index contributed by atoms with van der Waals surface area (Å²) in [7, 11) is 0. The Balaban J connectivity index is 1.38. The predicted octanol–water partition coefficient (Wildman–Crippen LogP) is 11.1. The number of hydrogen-bond acceptors (Lipinski definition) is 4.